The van der Waals surface area contributed by atoms with E-state index in [9.17, 15) is 0 Å². The molecule has 2 aliphatic rings. The average Bonchev–Trinajstić information content (AvgIpc) is 2.97. The third kappa shape index (κ3) is 2.62. The summed E-state index contributed by atoms with van der Waals surface area (Å²) in [7, 11) is 2.09. The lowest BCUT2D eigenvalue weighted by atomic mass is 10.0. The van der Waals surface area contributed by atoms with Gasteiger partial charge in [-0.2, -0.15) is 0 Å². The third-order valence-corrected chi connectivity index (χ3v) is 4.51. The summed E-state index contributed by atoms with van der Waals surface area (Å²) in [4.78, 5) is 9.68. The van der Waals surface area contributed by atoms with E-state index in [4.69, 9.17) is 5.73 Å². The summed E-state index contributed by atoms with van der Waals surface area (Å²) in [5.41, 5.74) is 7.09. The van der Waals surface area contributed by atoms with Crippen LogP contribution in [0.2, 0.25) is 0 Å². The Morgan fingerprint density at radius 2 is 1.95 bits per heavy atom. The smallest absolute Gasteiger partial charge is 0.205 e. The molecule has 2 N–H and O–H groups in total. The zero-order valence-corrected chi connectivity index (χ0v) is 12.0. The molecule has 2 fully saturated rings. The highest BCUT2D eigenvalue weighted by molar-refractivity contribution is 5.35. The second-order valence-corrected chi connectivity index (χ2v) is 6.06. The highest BCUT2D eigenvalue weighted by Crippen LogP contribution is 2.24. The van der Waals surface area contributed by atoms with Crippen LogP contribution in [0.4, 0.5) is 5.95 Å². The van der Waals surface area contributed by atoms with Crippen LogP contribution in [-0.2, 0) is 7.05 Å². The number of likely N-dealkylation sites (tertiary alicyclic amines) is 1. The van der Waals surface area contributed by atoms with E-state index in [1.807, 2.05) is 0 Å². The molecule has 0 saturated carbocycles. The average molecular weight is 263 g/mol. The maximum absolute atomic E-state index is 5.99. The molecule has 2 aliphatic heterocycles. The van der Waals surface area contributed by atoms with Gasteiger partial charge in [-0.1, -0.05) is 0 Å². The van der Waals surface area contributed by atoms with E-state index in [1.165, 1.54) is 19.5 Å². The fraction of sp³-hybridized carbons (Fsp3) is 0.786. The number of piperidine rings is 1. The summed E-state index contributed by atoms with van der Waals surface area (Å²) in [6.45, 7) is 6.62. The minimum Gasteiger partial charge on any atom is -0.341 e. The van der Waals surface area contributed by atoms with Crippen LogP contribution < -0.4 is 10.6 Å². The predicted octanol–water partition coefficient (Wildman–Crippen LogP) is 0.730. The maximum Gasteiger partial charge on any atom is 0.205 e. The first-order valence-corrected chi connectivity index (χ1v) is 7.38. The molecular weight excluding hydrogens is 238 g/mol. The van der Waals surface area contributed by atoms with Crippen LogP contribution in [0.5, 0.6) is 0 Å². The Hall–Kier alpha value is -1.07. The number of aromatic nitrogens is 2. The molecule has 0 aliphatic carbocycles. The first-order valence-electron chi connectivity index (χ1n) is 7.38. The van der Waals surface area contributed by atoms with Crippen LogP contribution in [0.15, 0.2) is 6.20 Å². The van der Waals surface area contributed by atoms with E-state index < -0.39 is 0 Å². The summed E-state index contributed by atoms with van der Waals surface area (Å²) >= 11 is 0. The zero-order chi connectivity index (χ0) is 13.4. The molecule has 0 bridgehead atoms. The molecule has 1 aromatic heterocycles. The van der Waals surface area contributed by atoms with Crippen molar-refractivity contribution in [2.75, 3.05) is 31.1 Å². The van der Waals surface area contributed by atoms with Crippen LogP contribution in [0.25, 0.3) is 0 Å². The molecule has 1 unspecified atom stereocenters. The molecule has 1 aromatic rings. The molecule has 5 nitrogen and oxygen atoms in total. The molecule has 0 amide bonds. The number of hydrogen-bond acceptors (Lipinski definition) is 4. The summed E-state index contributed by atoms with van der Waals surface area (Å²) < 4.78 is 2.14. The molecule has 3 rings (SSSR count). The van der Waals surface area contributed by atoms with Crippen LogP contribution in [0.3, 0.4) is 0 Å². The summed E-state index contributed by atoms with van der Waals surface area (Å²) in [5, 5.41) is 0. The van der Waals surface area contributed by atoms with Gasteiger partial charge in [0, 0.05) is 38.4 Å². The summed E-state index contributed by atoms with van der Waals surface area (Å²) in [6, 6.07) is 1.11. The molecule has 2 saturated heterocycles. The maximum atomic E-state index is 5.99. The van der Waals surface area contributed by atoms with Gasteiger partial charge in [0.1, 0.15) is 0 Å². The van der Waals surface area contributed by atoms with Gasteiger partial charge in [0.25, 0.3) is 0 Å². The summed E-state index contributed by atoms with van der Waals surface area (Å²) in [5.74, 6) is 1.12. The lowest BCUT2D eigenvalue weighted by molar-refractivity contribution is 0.163. The molecule has 1 atom stereocenters. The van der Waals surface area contributed by atoms with Gasteiger partial charge in [0.2, 0.25) is 5.95 Å². The van der Waals surface area contributed by atoms with Crippen molar-refractivity contribution in [1.29, 1.82) is 0 Å². The highest BCUT2D eigenvalue weighted by atomic mass is 15.3. The molecular formula is C14H25N5. The third-order valence-electron chi connectivity index (χ3n) is 4.51. The molecule has 3 heterocycles. The number of nitrogens with zero attached hydrogens (tertiary/aromatic N) is 4. The van der Waals surface area contributed by atoms with E-state index in [1.54, 1.807) is 0 Å². The van der Waals surface area contributed by atoms with Crippen molar-refractivity contribution >= 4 is 5.95 Å². The number of aryl methyl sites for hydroxylation is 2. The van der Waals surface area contributed by atoms with Crippen LogP contribution in [-0.4, -0.2) is 52.7 Å². The van der Waals surface area contributed by atoms with Crippen LogP contribution >= 0.6 is 0 Å². The standard InChI is InChI=1S/C14H25N5/c1-11-9-17(2)14(16-11)19-8-5-13(10-19)18-6-3-12(15)4-7-18/h9,12-13H,3-8,10,15H2,1-2H3. The molecule has 19 heavy (non-hydrogen) atoms. The predicted molar refractivity (Wildman–Crippen MR) is 77.3 cm³/mol. The molecule has 0 aromatic carbocycles. The number of hydrogen-bond donors (Lipinski definition) is 1. The fourth-order valence-corrected chi connectivity index (χ4v) is 3.40. The normalized spacial score (nSPS) is 26.3. The van der Waals surface area contributed by atoms with Crippen molar-refractivity contribution in [3.8, 4) is 0 Å². The molecule has 0 radical (unpaired) electrons. The lowest BCUT2D eigenvalue weighted by Crippen LogP contribution is -2.46. The van der Waals surface area contributed by atoms with Crippen LogP contribution in [0.1, 0.15) is 25.0 Å². The fourth-order valence-electron chi connectivity index (χ4n) is 3.40. The Morgan fingerprint density at radius 1 is 1.21 bits per heavy atom. The SMILES string of the molecule is Cc1cn(C)c(N2CCC(N3CCC(N)CC3)C2)n1. The van der Waals surface area contributed by atoms with Crippen molar-refractivity contribution in [3.05, 3.63) is 11.9 Å². The Bertz CT molecular complexity index is 433. The van der Waals surface area contributed by atoms with E-state index >= 15 is 0 Å². The Morgan fingerprint density at radius 3 is 2.58 bits per heavy atom. The van der Waals surface area contributed by atoms with Gasteiger partial charge >= 0.3 is 0 Å². The number of nitrogens with two attached hydrogens (primary N) is 1. The number of anilines is 1. The van der Waals surface area contributed by atoms with Gasteiger partial charge in [-0.3, -0.25) is 4.90 Å². The first-order chi connectivity index (χ1) is 9.13. The van der Waals surface area contributed by atoms with Gasteiger partial charge in [-0.05, 0) is 39.3 Å². The van der Waals surface area contributed by atoms with Crippen molar-refractivity contribution in [1.82, 2.24) is 14.5 Å². The lowest BCUT2D eigenvalue weighted by Gasteiger charge is -2.34. The zero-order valence-electron chi connectivity index (χ0n) is 12.0. The van der Waals surface area contributed by atoms with Crippen molar-refractivity contribution in [2.45, 2.75) is 38.3 Å². The van der Waals surface area contributed by atoms with E-state index in [-0.39, 0.29) is 0 Å². The number of imidazole rings is 1. The van der Waals surface area contributed by atoms with E-state index in [0.29, 0.717) is 12.1 Å². The van der Waals surface area contributed by atoms with Gasteiger partial charge < -0.3 is 15.2 Å². The minimum absolute atomic E-state index is 0.422. The minimum atomic E-state index is 0.422. The van der Waals surface area contributed by atoms with Gasteiger partial charge in [-0.25, -0.2) is 4.98 Å². The van der Waals surface area contributed by atoms with Gasteiger partial charge in [0.05, 0.1) is 5.69 Å². The van der Waals surface area contributed by atoms with Gasteiger partial charge in [-0.15, -0.1) is 0 Å². The molecule has 106 valence electrons. The van der Waals surface area contributed by atoms with Crippen molar-refractivity contribution in [2.24, 2.45) is 12.8 Å². The Balaban J connectivity index is 1.62. The van der Waals surface area contributed by atoms with Crippen molar-refractivity contribution in [3.63, 3.8) is 0 Å². The van der Waals surface area contributed by atoms with Crippen LogP contribution in [0, 0.1) is 6.92 Å². The summed E-state index contributed by atoms with van der Waals surface area (Å²) in [6.07, 6.45) is 5.65. The number of rotatable bonds is 2. The van der Waals surface area contributed by atoms with Crippen molar-refractivity contribution < 1.29 is 0 Å². The van der Waals surface area contributed by atoms with E-state index in [0.717, 1.165) is 37.6 Å². The Labute approximate surface area is 115 Å². The second-order valence-electron chi connectivity index (χ2n) is 6.06. The quantitative estimate of drug-likeness (QED) is 0.854. The largest absolute Gasteiger partial charge is 0.341 e. The topological polar surface area (TPSA) is 50.3 Å². The highest BCUT2D eigenvalue weighted by Gasteiger charge is 2.31. The Kier molecular flexibility index (Phi) is 3.50. The monoisotopic (exact) mass is 263 g/mol. The second kappa shape index (κ2) is 5.13. The van der Waals surface area contributed by atoms with Gasteiger partial charge in [0.15, 0.2) is 0 Å². The van der Waals surface area contributed by atoms with E-state index in [2.05, 4.69) is 39.5 Å². The first kappa shape index (κ1) is 12.9. The molecule has 0 spiro atoms. The molecule has 5 heteroatoms.